The van der Waals surface area contributed by atoms with Crippen LogP contribution < -0.4 is 9.80 Å². The molecule has 154 valence electrons. The molecule has 0 N–H and O–H groups in total. The molecule has 2 aliphatic rings. The lowest BCUT2D eigenvalue weighted by atomic mass is 9.93. The van der Waals surface area contributed by atoms with Gasteiger partial charge < -0.3 is 9.80 Å². The lowest BCUT2D eigenvalue weighted by Gasteiger charge is -2.37. The molecular weight excluding hydrogens is 403 g/mol. The molecule has 1 aromatic heterocycles. The van der Waals surface area contributed by atoms with E-state index in [0.29, 0.717) is 31.7 Å². The number of aryl methyl sites for hydroxylation is 1. The third-order valence-electron chi connectivity index (χ3n) is 5.67. The summed E-state index contributed by atoms with van der Waals surface area (Å²) in [5.74, 6) is 0.364. The predicted octanol–water partition coefficient (Wildman–Crippen LogP) is 4.95. The zero-order chi connectivity index (χ0) is 20.6. The number of piperidine rings is 1. The van der Waals surface area contributed by atoms with Gasteiger partial charge in [-0.05, 0) is 43.4 Å². The number of anilines is 2. The van der Waals surface area contributed by atoms with Gasteiger partial charge in [-0.3, -0.25) is 4.79 Å². The van der Waals surface area contributed by atoms with Crippen LogP contribution in [0.5, 0.6) is 0 Å². The summed E-state index contributed by atoms with van der Waals surface area (Å²) >= 11 is 6.07. The quantitative estimate of drug-likeness (QED) is 0.685. The first-order chi connectivity index (χ1) is 13.8. The summed E-state index contributed by atoms with van der Waals surface area (Å²) in [5.41, 5.74) is 1.34. The lowest BCUT2D eigenvalue weighted by Crippen LogP contribution is -2.44. The third-order valence-corrected chi connectivity index (χ3v) is 5.95. The van der Waals surface area contributed by atoms with Crippen LogP contribution in [0.15, 0.2) is 36.5 Å². The van der Waals surface area contributed by atoms with Gasteiger partial charge in [0.15, 0.2) is 0 Å². The van der Waals surface area contributed by atoms with Crippen molar-refractivity contribution in [2.24, 2.45) is 5.92 Å². The highest BCUT2D eigenvalue weighted by molar-refractivity contribution is 6.33. The molecule has 0 radical (unpaired) electrons. The molecule has 1 fully saturated rings. The second-order valence-electron chi connectivity index (χ2n) is 7.51. The average molecular weight is 424 g/mol. The van der Waals surface area contributed by atoms with E-state index in [1.54, 1.807) is 0 Å². The number of pyridine rings is 1. The number of hydrogen-bond acceptors (Lipinski definition) is 3. The fourth-order valence-corrected chi connectivity index (χ4v) is 4.43. The van der Waals surface area contributed by atoms with Crippen LogP contribution in [0.2, 0.25) is 5.02 Å². The SMILES string of the molecule is O=C(C1CCN(c2ncc(C(F)(F)F)cc2Cl)CC1)N1CCCc2ccccc21. The maximum Gasteiger partial charge on any atom is 0.417 e. The number of carbonyl (C=O) groups excluding carboxylic acids is 1. The molecule has 8 heteroatoms. The highest BCUT2D eigenvalue weighted by Crippen LogP contribution is 2.35. The Kier molecular flexibility index (Phi) is 5.42. The zero-order valence-corrected chi connectivity index (χ0v) is 16.5. The van der Waals surface area contributed by atoms with Crippen molar-refractivity contribution in [1.82, 2.24) is 4.98 Å². The van der Waals surface area contributed by atoms with Crippen molar-refractivity contribution < 1.29 is 18.0 Å². The number of alkyl halides is 3. The highest BCUT2D eigenvalue weighted by atomic mass is 35.5. The number of amides is 1. The monoisotopic (exact) mass is 423 g/mol. The minimum atomic E-state index is -4.47. The van der Waals surface area contributed by atoms with Crippen molar-refractivity contribution in [3.63, 3.8) is 0 Å². The number of rotatable bonds is 2. The Morgan fingerprint density at radius 2 is 1.86 bits per heavy atom. The van der Waals surface area contributed by atoms with Crippen LogP contribution in [-0.2, 0) is 17.4 Å². The van der Waals surface area contributed by atoms with Crippen molar-refractivity contribution in [3.05, 3.63) is 52.7 Å². The molecule has 3 heterocycles. The first-order valence-corrected chi connectivity index (χ1v) is 10.1. The van der Waals surface area contributed by atoms with Gasteiger partial charge in [-0.15, -0.1) is 0 Å². The molecule has 4 rings (SSSR count). The number of benzene rings is 1. The molecule has 0 atom stereocenters. The molecule has 0 saturated carbocycles. The molecule has 1 saturated heterocycles. The summed E-state index contributed by atoms with van der Waals surface area (Å²) in [5, 5.41) is -0.0189. The molecule has 0 spiro atoms. The standard InChI is InChI=1S/C21H21ClF3N3O/c22-17-12-16(21(23,24)25)13-26-19(17)27-10-7-15(8-11-27)20(29)28-9-3-5-14-4-1-2-6-18(14)28/h1-2,4,6,12-13,15H,3,5,7-11H2. The molecule has 0 bridgehead atoms. The van der Waals surface area contributed by atoms with Gasteiger partial charge in [0.05, 0.1) is 10.6 Å². The first kappa shape index (κ1) is 20.0. The largest absolute Gasteiger partial charge is 0.417 e. The predicted molar refractivity (Wildman–Crippen MR) is 106 cm³/mol. The van der Waals surface area contributed by atoms with Crippen LogP contribution in [0.1, 0.15) is 30.4 Å². The van der Waals surface area contributed by atoms with Gasteiger partial charge in [0.2, 0.25) is 5.91 Å². The summed E-state index contributed by atoms with van der Waals surface area (Å²) in [6, 6.07) is 8.91. The number of para-hydroxylation sites is 1. The van der Waals surface area contributed by atoms with Crippen molar-refractivity contribution in [2.75, 3.05) is 29.4 Å². The molecule has 0 unspecified atom stereocenters. The smallest absolute Gasteiger partial charge is 0.355 e. The Morgan fingerprint density at radius 3 is 2.55 bits per heavy atom. The number of halogens is 4. The molecule has 1 amide bonds. The van der Waals surface area contributed by atoms with Gasteiger partial charge in [0.1, 0.15) is 5.82 Å². The van der Waals surface area contributed by atoms with Gasteiger partial charge in [0, 0.05) is 37.4 Å². The minimum Gasteiger partial charge on any atom is -0.355 e. The van der Waals surface area contributed by atoms with Crippen LogP contribution in [-0.4, -0.2) is 30.5 Å². The molecule has 0 aliphatic carbocycles. The van der Waals surface area contributed by atoms with E-state index in [1.807, 2.05) is 28.0 Å². The Morgan fingerprint density at radius 1 is 1.14 bits per heavy atom. The zero-order valence-electron chi connectivity index (χ0n) is 15.8. The van der Waals surface area contributed by atoms with Crippen LogP contribution in [0.25, 0.3) is 0 Å². The van der Waals surface area contributed by atoms with Crippen molar-refractivity contribution in [2.45, 2.75) is 31.9 Å². The fraction of sp³-hybridized carbons (Fsp3) is 0.429. The van der Waals surface area contributed by atoms with Gasteiger partial charge in [0.25, 0.3) is 0 Å². The number of carbonyl (C=O) groups is 1. The average Bonchev–Trinajstić information content (AvgIpc) is 2.72. The van der Waals surface area contributed by atoms with E-state index in [1.165, 1.54) is 5.56 Å². The molecule has 2 aromatic rings. The highest BCUT2D eigenvalue weighted by Gasteiger charge is 2.34. The summed E-state index contributed by atoms with van der Waals surface area (Å²) in [6.45, 7) is 1.79. The number of hydrogen-bond donors (Lipinski definition) is 0. The third kappa shape index (κ3) is 4.06. The Labute approximate surface area is 172 Å². The van der Waals surface area contributed by atoms with E-state index in [0.717, 1.165) is 37.3 Å². The number of aromatic nitrogens is 1. The van der Waals surface area contributed by atoms with Crippen LogP contribution in [0, 0.1) is 5.92 Å². The van der Waals surface area contributed by atoms with Crippen molar-refractivity contribution in [3.8, 4) is 0 Å². The first-order valence-electron chi connectivity index (χ1n) is 9.71. The molecule has 29 heavy (non-hydrogen) atoms. The maximum atomic E-state index is 13.1. The van der Waals surface area contributed by atoms with Gasteiger partial charge in [-0.2, -0.15) is 13.2 Å². The molecule has 2 aliphatic heterocycles. The second-order valence-corrected chi connectivity index (χ2v) is 7.92. The summed E-state index contributed by atoms with van der Waals surface area (Å²) in [6.07, 6.45) is -0.487. The van der Waals surface area contributed by atoms with E-state index in [4.69, 9.17) is 11.6 Å². The van der Waals surface area contributed by atoms with Crippen LogP contribution in [0.3, 0.4) is 0 Å². The van der Waals surface area contributed by atoms with E-state index < -0.39 is 11.7 Å². The molecule has 1 aromatic carbocycles. The van der Waals surface area contributed by atoms with Crippen LogP contribution >= 0.6 is 11.6 Å². The van der Waals surface area contributed by atoms with Gasteiger partial charge in [-0.25, -0.2) is 4.98 Å². The van der Waals surface area contributed by atoms with Crippen LogP contribution in [0.4, 0.5) is 24.7 Å². The lowest BCUT2D eigenvalue weighted by molar-refractivity contribution is -0.137. The van der Waals surface area contributed by atoms with E-state index in [2.05, 4.69) is 11.1 Å². The van der Waals surface area contributed by atoms with Gasteiger partial charge in [-0.1, -0.05) is 29.8 Å². The Hall–Kier alpha value is -2.28. The Balaban J connectivity index is 1.43. The summed E-state index contributed by atoms with van der Waals surface area (Å²) in [7, 11) is 0. The summed E-state index contributed by atoms with van der Waals surface area (Å²) < 4.78 is 38.4. The number of nitrogens with zero attached hydrogens (tertiary/aromatic N) is 3. The fourth-order valence-electron chi connectivity index (χ4n) is 4.14. The molecule has 4 nitrogen and oxygen atoms in total. The normalized spacial score (nSPS) is 17.9. The molecular formula is C21H21ClF3N3O. The summed E-state index contributed by atoms with van der Waals surface area (Å²) in [4.78, 5) is 20.8. The van der Waals surface area contributed by atoms with Gasteiger partial charge >= 0.3 is 6.18 Å². The van der Waals surface area contributed by atoms with E-state index in [9.17, 15) is 18.0 Å². The number of fused-ring (bicyclic) bond motifs is 1. The van der Waals surface area contributed by atoms with E-state index in [-0.39, 0.29) is 16.8 Å². The van der Waals surface area contributed by atoms with Crippen molar-refractivity contribution >= 4 is 29.0 Å². The minimum absolute atomic E-state index is 0.0189. The van der Waals surface area contributed by atoms with E-state index >= 15 is 0 Å². The van der Waals surface area contributed by atoms with Crippen molar-refractivity contribution in [1.29, 1.82) is 0 Å². The topological polar surface area (TPSA) is 36.4 Å². The Bertz CT molecular complexity index is 910. The maximum absolute atomic E-state index is 13.1. The second kappa shape index (κ2) is 7.86.